The van der Waals surface area contributed by atoms with Crippen molar-refractivity contribution in [2.24, 2.45) is 0 Å². The molecule has 24 nitrogen and oxygen atoms in total. The molecule has 0 bridgehead atoms. The Kier molecular flexibility index (Phi) is 18.2. The van der Waals surface area contributed by atoms with Crippen molar-refractivity contribution < 1.29 is 67.6 Å². The Balaban J connectivity index is 1.50. The number of benzene rings is 2. The number of hydrogen-bond acceptors (Lipinski definition) is 16. The summed E-state index contributed by atoms with van der Waals surface area (Å²) < 4.78 is 10.0. The van der Waals surface area contributed by atoms with Crippen molar-refractivity contribution in [1.29, 1.82) is 0 Å². The van der Waals surface area contributed by atoms with E-state index < -0.39 is 132 Å². The van der Waals surface area contributed by atoms with Gasteiger partial charge in [0.1, 0.15) is 35.8 Å². The molecule has 24 heteroatoms. The van der Waals surface area contributed by atoms with Gasteiger partial charge in [0.2, 0.25) is 47.0 Å². The van der Waals surface area contributed by atoms with Gasteiger partial charge in [0, 0.05) is 37.6 Å². The number of carbonyl (C=O) groups is 10. The summed E-state index contributed by atoms with van der Waals surface area (Å²) in [6.45, 7) is 7.18. The van der Waals surface area contributed by atoms with Crippen LogP contribution in [0, 0.1) is 0 Å². The molecule has 12 N–H and O–H groups in total. The highest BCUT2D eigenvalue weighted by atomic mass is 16.6. The third-order valence-electron chi connectivity index (χ3n) is 8.17. The van der Waals surface area contributed by atoms with Gasteiger partial charge >= 0.3 is 12.2 Å². The normalized spacial score (nSPS) is 11.7. The summed E-state index contributed by atoms with van der Waals surface area (Å²) in [5.41, 5.74) is -2.36. The lowest BCUT2D eigenvalue weighted by Gasteiger charge is -2.25. The zero-order valence-corrected chi connectivity index (χ0v) is 36.2. The number of ketones is 2. The fraction of sp³-hybridized carbons (Fsp3) is 0.450. The predicted octanol–water partition coefficient (Wildman–Crippen LogP) is -1.56. The summed E-state index contributed by atoms with van der Waals surface area (Å²) in [4.78, 5) is 124. The van der Waals surface area contributed by atoms with E-state index >= 15 is 0 Å². The number of phenolic OH excluding ortho intramolecular Hbond substituents is 2. The van der Waals surface area contributed by atoms with Crippen molar-refractivity contribution in [3.8, 4) is 11.5 Å². The molecule has 8 amide bonds. The highest BCUT2D eigenvalue weighted by molar-refractivity contribution is 6.33. The summed E-state index contributed by atoms with van der Waals surface area (Å²) in [5, 5.41) is 45.9. The zero-order valence-electron chi connectivity index (χ0n) is 36.2. The maximum absolute atomic E-state index is 13.8. The highest BCUT2D eigenvalue weighted by Gasteiger charge is 2.38. The van der Waals surface area contributed by atoms with Gasteiger partial charge in [0.15, 0.2) is 0 Å². The third-order valence-corrected chi connectivity index (χ3v) is 8.17. The topological polar surface area (TPSA) is 350 Å². The SMILES string of the molecule is CC(C)(C)OC(=O)NCC(=O)NCC(=O)NCC(=O)NCCNc1ccc(NCCNC(=O)CNC(=O)CNC(=O)CNC(=O)OC(C)(C)C)c2c1C(=O)c1c(O)ccc(O)c1C2=O. The van der Waals surface area contributed by atoms with E-state index in [2.05, 4.69) is 53.2 Å². The lowest BCUT2D eigenvalue weighted by Crippen LogP contribution is -2.45. The van der Waals surface area contributed by atoms with Crippen molar-refractivity contribution >= 4 is 70.6 Å². The minimum atomic E-state index is -0.812. The molecule has 0 aromatic heterocycles. The summed E-state index contributed by atoms with van der Waals surface area (Å²) in [7, 11) is 0. The van der Waals surface area contributed by atoms with Gasteiger partial charge in [-0.15, -0.1) is 0 Å². The second kappa shape index (κ2) is 23.0. The Labute approximate surface area is 367 Å². The van der Waals surface area contributed by atoms with Crippen molar-refractivity contribution in [3.63, 3.8) is 0 Å². The molecule has 1 aliphatic carbocycles. The summed E-state index contributed by atoms with van der Waals surface area (Å²) in [6.07, 6.45) is -1.62. The van der Waals surface area contributed by atoms with Crippen molar-refractivity contribution in [1.82, 2.24) is 42.5 Å². The highest BCUT2D eigenvalue weighted by Crippen LogP contribution is 2.42. The fourth-order valence-electron chi connectivity index (χ4n) is 5.48. The molecule has 1 aliphatic rings. The molecule has 2 aromatic rings. The molecule has 0 saturated heterocycles. The second-order valence-electron chi connectivity index (χ2n) is 15.8. The number of rotatable bonds is 20. The van der Waals surface area contributed by atoms with E-state index in [9.17, 15) is 58.2 Å². The van der Waals surface area contributed by atoms with Crippen LogP contribution in [0.3, 0.4) is 0 Å². The molecular weight excluding hydrogens is 844 g/mol. The Morgan fingerprint density at radius 3 is 1.00 bits per heavy atom. The molecule has 0 atom stereocenters. The van der Waals surface area contributed by atoms with E-state index in [1.807, 2.05) is 0 Å². The van der Waals surface area contributed by atoms with Gasteiger partial charge in [-0.1, -0.05) is 0 Å². The van der Waals surface area contributed by atoms with E-state index in [1.54, 1.807) is 41.5 Å². The van der Waals surface area contributed by atoms with Gasteiger partial charge in [0.05, 0.1) is 48.4 Å². The van der Waals surface area contributed by atoms with Gasteiger partial charge in [-0.3, -0.25) is 38.4 Å². The second-order valence-corrected chi connectivity index (χ2v) is 15.8. The fourth-order valence-corrected chi connectivity index (χ4v) is 5.48. The van der Waals surface area contributed by atoms with Crippen LogP contribution in [0.4, 0.5) is 21.0 Å². The average molecular weight is 899 g/mol. The van der Waals surface area contributed by atoms with Crippen LogP contribution in [-0.4, -0.2) is 146 Å². The molecule has 0 aliphatic heterocycles. The minimum Gasteiger partial charge on any atom is -0.507 e. The van der Waals surface area contributed by atoms with E-state index in [0.29, 0.717) is 0 Å². The largest absolute Gasteiger partial charge is 0.507 e. The van der Waals surface area contributed by atoms with Crippen LogP contribution < -0.4 is 53.2 Å². The molecule has 348 valence electrons. The Bertz CT molecular complexity index is 2000. The first kappa shape index (κ1) is 50.7. The first-order valence-electron chi connectivity index (χ1n) is 19.8. The minimum absolute atomic E-state index is 0.0141. The van der Waals surface area contributed by atoms with Gasteiger partial charge in [-0.05, 0) is 65.8 Å². The number of carbonyl (C=O) groups excluding carboxylic acids is 10. The van der Waals surface area contributed by atoms with Gasteiger partial charge in [0.25, 0.3) is 0 Å². The van der Waals surface area contributed by atoms with Crippen LogP contribution in [0.2, 0.25) is 0 Å². The summed E-state index contributed by atoms with van der Waals surface area (Å²) in [5.74, 6) is -6.56. The van der Waals surface area contributed by atoms with Gasteiger partial charge in [-0.25, -0.2) is 9.59 Å². The van der Waals surface area contributed by atoms with Crippen LogP contribution in [0.25, 0.3) is 0 Å². The molecule has 0 saturated carbocycles. The molecule has 0 unspecified atom stereocenters. The number of phenols is 2. The quantitative estimate of drug-likeness (QED) is 0.0451. The molecule has 0 spiro atoms. The molecule has 0 radical (unpaired) electrons. The third kappa shape index (κ3) is 16.7. The van der Waals surface area contributed by atoms with Crippen molar-refractivity contribution in [2.45, 2.75) is 52.7 Å². The Morgan fingerprint density at radius 1 is 0.422 bits per heavy atom. The number of nitrogens with one attached hydrogen (secondary N) is 10. The Hall–Kier alpha value is -7.66. The van der Waals surface area contributed by atoms with Crippen LogP contribution >= 0.6 is 0 Å². The van der Waals surface area contributed by atoms with Crippen LogP contribution in [0.1, 0.15) is 73.4 Å². The number of alkyl carbamates (subject to hydrolysis) is 2. The standard InChI is InChI=1S/C40H54N10O14/c1-39(2,3)63-37(61)49-19-29(57)47-17-27(55)45-15-25(53)43-13-11-41-21-7-8-22(32-31(21)35(59)33-23(51)9-10-24(52)34(33)36(32)60)42-12-14-44-26(54)16-46-28(56)18-48-30(58)20-50-38(62)64-40(4,5)6/h7-10,41-42,51-52H,11-20H2,1-6H3,(H,43,53)(H,44,54)(H,45,55)(H,46,56)(H,47,57)(H,48,58)(H,49,61)(H,50,62). The predicted molar refractivity (Wildman–Crippen MR) is 227 cm³/mol. The smallest absolute Gasteiger partial charge is 0.408 e. The lowest BCUT2D eigenvalue weighted by molar-refractivity contribution is -0.127. The van der Waals surface area contributed by atoms with Crippen LogP contribution in [0.15, 0.2) is 24.3 Å². The number of aromatic hydroxyl groups is 2. The number of fused-ring (bicyclic) bond motifs is 2. The number of hydrogen-bond donors (Lipinski definition) is 12. The van der Waals surface area contributed by atoms with Crippen LogP contribution in [-0.2, 0) is 38.2 Å². The first-order chi connectivity index (χ1) is 30.0. The molecular formula is C40H54N10O14. The number of anilines is 2. The first-order valence-corrected chi connectivity index (χ1v) is 19.8. The zero-order chi connectivity index (χ0) is 47.8. The van der Waals surface area contributed by atoms with Crippen molar-refractivity contribution in [3.05, 3.63) is 46.5 Å². The molecule has 0 fully saturated rings. The van der Waals surface area contributed by atoms with E-state index in [0.717, 1.165) is 12.1 Å². The molecule has 3 rings (SSSR count). The molecule has 2 aromatic carbocycles. The van der Waals surface area contributed by atoms with Crippen molar-refractivity contribution in [2.75, 3.05) is 76.1 Å². The summed E-state index contributed by atoms with van der Waals surface area (Å²) >= 11 is 0. The Morgan fingerprint density at radius 2 is 0.703 bits per heavy atom. The lowest BCUT2D eigenvalue weighted by atomic mass is 9.81. The maximum Gasteiger partial charge on any atom is 0.408 e. The number of ether oxygens (including phenoxy) is 2. The van der Waals surface area contributed by atoms with Gasteiger partial charge < -0.3 is 72.9 Å². The average Bonchev–Trinajstić information content (AvgIpc) is 3.20. The maximum atomic E-state index is 13.8. The molecule has 0 heterocycles. The van der Waals surface area contributed by atoms with E-state index in [1.165, 1.54) is 12.1 Å². The monoisotopic (exact) mass is 898 g/mol. The van der Waals surface area contributed by atoms with E-state index in [4.69, 9.17) is 9.47 Å². The number of amides is 8. The van der Waals surface area contributed by atoms with Crippen LogP contribution in [0.5, 0.6) is 11.5 Å². The molecule has 64 heavy (non-hydrogen) atoms. The van der Waals surface area contributed by atoms with Gasteiger partial charge in [-0.2, -0.15) is 0 Å². The summed E-state index contributed by atoms with van der Waals surface area (Å²) in [6, 6.07) is 5.08. The van der Waals surface area contributed by atoms with E-state index in [-0.39, 0.29) is 48.7 Å².